The number of anilines is 1. The first-order valence-corrected chi connectivity index (χ1v) is 9.51. The third-order valence-corrected chi connectivity index (χ3v) is 4.74. The lowest BCUT2D eigenvalue weighted by Crippen LogP contribution is -2.13. The van der Waals surface area contributed by atoms with Gasteiger partial charge in [0, 0.05) is 11.5 Å². The molecule has 0 radical (unpaired) electrons. The van der Waals surface area contributed by atoms with Crippen LogP contribution in [0.5, 0.6) is 17.2 Å². The summed E-state index contributed by atoms with van der Waals surface area (Å²) in [5.74, 6) is 1.52. The molecule has 0 aliphatic rings. The highest BCUT2D eigenvalue weighted by molar-refractivity contribution is 7.99. The number of nitrogens with one attached hydrogen (secondary N) is 1. The van der Waals surface area contributed by atoms with E-state index in [4.69, 9.17) is 14.2 Å². The third-order valence-electron chi connectivity index (χ3n) is 3.26. The van der Waals surface area contributed by atoms with Gasteiger partial charge in [0.2, 0.25) is 16.0 Å². The number of carbonyl (C=O) groups is 1. The predicted molar refractivity (Wildman–Crippen MR) is 105 cm³/mol. The van der Waals surface area contributed by atoms with Crippen LogP contribution >= 0.6 is 23.3 Å². The standard InChI is InChI=1S/C17H18N4O4S2/c1-5-26-17-20-16(27-21-17)19-15(22)11(9-18)6-10-7-12(23-2)14(25-4)13(8-10)24-3/h6-8H,5H2,1-4H3,(H,19,20,21,22)/b11-6-. The number of thioether (sulfide) groups is 1. The summed E-state index contributed by atoms with van der Waals surface area (Å²) in [6.45, 7) is 1.98. The summed E-state index contributed by atoms with van der Waals surface area (Å²) in [4.78, 5) is 16.6. The average molecular weight is 406 g/mol. The van der Waals surface area contributed by atoms with Crippen molar-refractivity contribution < 1.29 is 19.0 Å². The van der Waals surface area contributed by atoms with Crippen molar-refractivity contribution in [3.63, 3.8) is 0 Å². The van der Waals surface area contributed by atoms with Crippen LogP contribution in [0.4, 0.5) is 5.13 Å². The first kappa shape index (κ1) is 20.5. The van der Waals surface area contributed by atoms with Gasteiger partial charge in [0.25, 0.3) is 5.91 Å². The molecule has 10 heteroatoms. The van der Waals surface area contributed by atoms with Crippen molar-refractivity contribution in [1.29, 1.82) is 5.26 Å². The molecule has 0 saturated carbocycles. The van der Waals surface area contributed by atoms with Crippen LogP contribution in [-0.4, -0.2) is 42.3 Å². The highest BCUT2D eigenvalue weighted by Gasteiger charge is 2.16. The minimum Gasteiger partial charge on any atom is -0.493 e. The lowest BCUT2D eigenvalue weighted by Gasteiger charge is -2.13. The minimum absolute atomic E-state index is 0.0934. The smallest absolute Gasteiger partial charge is 0.268 e. The molecule has 1 aromatic carbocycles. The van der Waals surface area contributed by atoms with Crippen LogP contribution in [0.15, 0.2) is 22.9 Å². The van der Waals surface area contributed by atoms with Crippen molar-refractivity contribution in [1.82, 2.24) is 9.36 Å². The SMILES string of the molecule is CCSc1nsc(NC(=O)/C(C#N)=C\c2cc(OC)c(OC)c(OC)c2)n1. The van der Waals surface area contributed by atoms with Crippen LogP contribution in [0.2, 0.25) is 0 Å². The van der Waals surface area contributed by atoms with Gasteiger partial charge in [-0.15, -0.1) is 0 Å². The monoisotopic (exact) mass is 406 g/mol. The van der Waals surface area contributed by atoms with Crippen molar-refractivity contribution in [3.8, 4) is 23.3 Å². The maximum absolute atomic E-state index is 12.4. The van der Waals surface area contributed by atoms with Gasteiger partial charge in [-0.25, -0.2) is 0 Å². The molecular formula is C17H18N4O4S2. The first-order chi connectivity index (χ1) is 13.1. The summed E-state index contributed by atoms with van der Waals surface area (Å²) in [6.07, 6.45) is 1.43. The molecule has 0 saturated heterocycles. The Bertz CT molecular complexity index is 864. The van der Waals surface area contributed by atoms with E-state index in [-0.39, 0.29) is 5.57 Å². The van der Waals surface area contributed by atoms with Crippen molar-refractivity contribution >= 4 is 40.4 Å². The fraction of sp³-hybridized carbons (Fsp3) is 0.294. The molecule has 142 valence electrons. The van der Waals surface area contributed by atoms with Gasteiger partial charge in [-0.2, -0.15) is 14.6 Å². The highest BCUT2D eigenvalue weighted by atomic mass is 32.2. The zero-order valence-electron chi connectivity index (χ0n) is 15.2. The van der Waals surface area contributed by atoms with E-state index >= 15 is 0 Å². The van der Waals surface area contributed by atoms with Crippen LogP contribution in [0.3, 0.4) is 0 Å². The van der Waals surface area contributed by atoms with Gasteiger partial charge in [0.05, 0.1) is 21.3 Å². The molecule has 0 atom stereocenters. The van der Waals surface area contributed by atoms with Crippen molar-refractivity contribution in [2.45, 2.75) is 12.1 Å². The second-order valence-corrected chi connectivity index (χ2v) is 6.88. The molecule has 0 spiro atoms. The molecule has 27 heavy (non-hydrogen) atoms. The number of nitrogens with zero attached hydrogens (tertiary/aromatic N) is 3. The summed E-state index contributed by atoms with van der Waals surface area (Å²) in [7, 11) is 4.48. The lowest BCUT2D eigenvalue weighted by molar-refractivity contribution is -0.112. The molecule has 0 fully saturated rings. The van der Waals surface area contributed by atoms with Crippen LogP contribution in [0.25, 0.3) is 6.08 Å². The lowest BCUT2D eigenvalue weighted by atomic mass is 10.1. The molecular weight excluding hydrogens is 388 g/mol. The van der Waals surface area contributed by atoms with Crippen LogP contribution in [0.1, 0.15) is 12.5 Å². The third kappa shape index (κ3) is 5.12. The Balaban J connectivity index is 2.28. The number of nitriles is 1. The largest absolute Gasteiger partial charge is 0.493 e. The van der Waals surface area contributed by atoms with Crippen LogP contribution in [-0.2, 0) is 4.79 Å². The summed E-state index contributed by atoms with van der Waals surface area (Å²) in [5, 5.41) is 12.9. The fourth-order valence-electron chi connectivity index (χ4n) is 2.11. The minimum atomic E-state index is -0.574. The molecule has 8 nitrogen and oxygen atoms in total. The van der Waals surface area contributed by atoms with Crippen molar-refractivity contribution in [3.05, 3.63) is 23.3 Å². The first-order valence-electron chi connectivity index (χ1n) is 7.75. The normalized spacial score (nSPS) is 10.9. The molecule has 2 rings (SSSR count). The highest BCUT2D eigenvalue weighted by Crippen LogP contribution is 2.38. The molecule has 0 unspecified atom stereocenters. The van der Waals surface area contributed by atoms with E-state index in [2.05, 4.69) is 14.7 Å². The molecule has 1 amide bonds. The summed E-state index contributed by atoms with van der Waals surface area (Å²) < 4.78 is 19.9. The average Bonchev–Trinajstić information content (AvgIpc) is 3.12. The molecule has 0 aliphatic carbocycles. The quantitative estimate of drug-likeness (QED) is 0.405. The van der Waals surface area contributed by atoms with E-state index in [0.29, 0.717) is 33.1 Å². The van der Waals surface area contributed by atoms with E-state index in [0.717, 1.165) is 17.3 Å². The Kier molecular flexibility index (Phi) is 7.45. The van der Waals surface area contributed by atoms with Gasteiger partial charge >= 0.3 is 0 Å². The topological polar surface area (TPSA) is 106 Å². The molecule has 0 aliphatic heterocycles. The number of benzene rings is 1. The van der Waals surface area contributed by atoms with Gasteiger partial charge < -0.3 is 14.2 Å². The number of methoxy groups -OCH3 is 3. The van der Waals surface area contributed by atoms with Crippen molar-refractivity contribution in [2.24, 2.45) is 0 Å². The summed E-state index contributed by atoms with van der Waals surface area (Å²) in [5.41, 5.74) is 0.458. The Hall–Kier alpha value is -2.77. The van der Waals surface area contributed by atoms with Gasteiger partial charge in [0.1, 0.15) is 11.6 Å². The predicted octanol–water partition coefficient (Wildman–Crippen LogP) is 3.22. The van der Waals surface area contributed by atoms with E-state index < -0.39 is 5.91 Å². The van der Waals surface area contributed by atoms with Gasteiger partial charge in [-0.3, -0.25) is 10.1 Å². The number of rotatable bonds is 8. The number of hydrogen-bond acceptors (Lipinski definition) is 9. The maximum Gasteiger partial charge on any atom is 0.268 e. The number of aromatic nitrogens is 2. The molecule has 1 heterocycles. The molecule has 0 bridgehead atoms. The summed E-state index contributed by atoms with van der Waals surface area (Å²) in [6, 6.07) is 5.18. The molecule has 2 aromatic rings. The fourth-order valence-corrected chi connectivity index (χ4v) is 3.38. The van der Waals surface area contributed by atoms with Crippen LogP contribution < -0.4 is 19.5 Å². The van der Waals surface area contributed by atoms with E-state index in [9.17, 15) is 10.1 Å². The number of ether oxygens (including phenoxy) is 3. The Labute approximate surface area is 165 Å². The van der Waals surface area contributed by atoms with Gasteiger partial charge in [0.15, 0.2) is 11.5 Å². The number of hydrogen-bond donors (Lipinski definition) is 1. The Morgan fingerprint density at radius 2 is 1.96 bits per heavy atom. The number of carbonyl (C=O) groups excluding carboxylic acids is 1. The zero-order chi connectivity index (χ0) is 19.8. The van der Waals surface area contributed by atoms with E-state index in [1.54, 1.807) is 12.1 Å². The second kappa shape index (κ2) is 9.80. The van der Waals surface area contributed by atoms with E-state index in [1.165, 1.54) is 39.2 Å². The van der Waals surface area contributed by atoms with Crippen molar-refractivity contribution in [2.75, 3.05) is 32.4 Å². The molecule has 1 aromatic heterocycles. The summed E-state index contributed by atoms with van der Waals surface area (Å²) >= 11 is 2.53. The van der Waals surface area contributed by atoms with Gasteiger partial charge in [-0.1, -0.05) is 18.7 Å². The molecule has 1 N–H and O–H groups in total. The van der Waals surface area contributed by atoms with E-state index in [1.807, 2.05) is 13.0 Å². The number of amides is 1. The Morgan fingerprint density at radius 1 is 1.30 bits per heavy atom. The zero-order valence-corrected chi connectivity index (χ0v) is 16.9. The maximum atomic E-state index is 12.4. The second-order valence-electron chi connectivity index (χ2n) is 4.90. The van der Waals surface area contributed by atoms with Crippen LogP contribution in [0, 0.1) is 11.3 Å². The van der Waals surface area contributed by atoms with Gasteiger partial charge in [-0.05, 0) is 29.5 Å². The Morgan fingerprint density at radius 3 is 2.48 bits per heavy atom.